The summed E-state index contributed by atoms with van der Waals surface area (Å²) in [5, 5.41) is 0.557. The van der Waals surface area contributed by atoms with Gasteiger partial charge in [0.15, 0.2) is 0 Å². The quantitative estimate of drug-likeness (QED) is 0.561. The molecule has 0 fully saturated rings. The second-order valence-corrected chi connectivity index (χ2v) is 6.69. The highest BCUT2D eigenvalue weighted by molar-refractivity contribution is 5.78. The van der Waals surface area contributed by atoms with Crippen LogP contribution in [0.25, 0.3) is 10.9 Å². The third kappa shape index (κ3) is 3.22. The van der Waals surface area contributed by atoms with E-state index in [0.717, 1.165) is 16.7 Å². The molecule has 4 rings (SSSR count). The highest BCUT2D eigenvalue weighted by atomic mass is 16.2. The van der Waals surface area contributed by atoms with E-state index in [2.05, 4.69) is 0 Å². The molecule has 0 aliphatic heterocycles. The van der Waals surface area contributed by atoms with E-state index in [1.807, 2.05) is 79.7 Å². The lowest BCUT2D eigenvalue weighted by Gasteiger charge is -2.15. The lowest BCUT2D eigenvalue weighted by molar-refractivity contribution is 0.634. The molecular weight excluding hydrogens is 336 g/mol. The fraction of sp³-hybridized carbons (Fsp3) is 0.130. The van der Waals surface area contributed by atoms with Gasteiger partial charge in [0.1, 0.15) is 0 Å². The number of fused-ring (bicyclic) bond motifs is 1. The summed E-state index contributed by atoms with van der Waals surface area (Å²) in [5.74, 6) is 0. The van der Waals surface area contributed by atoms with E-state index in [1.165, 1.54) is 4.57 Å². The first-order valence-corrected chi connectivity index (χ1v) is 8.96. The summed E-state index contributed by atoms with van der Waals surface area (Å²) in [5.41, 5.74) is 3.24. The number of aromatic nitrogens is 2. The molecule has 0 N–H and O–H groups in total. The van der Waals surface area contributed by atoms with Crippen LogP contribution in [0.1, 0.15) is 16.7 Å². The summed E-state index contributed by atoms with van der Waals surface area (Å²) in [6, 6.07) is 24.9. The minimum absolute atomic E-state index is 0.250. The Morgan fingerprint density at radius 3 is 2.15 bits per heavy atom. The maximum Gasteiger partial charge on any atom is 0.332 e. The number of benzene rings is 3. The van der Waals surface area contributed by atoms with E-state index < -0.39 is 0 Å². The molecule has 0 saturated heterocycles. The molecule has 1 aromatic heterocycles. The number of rotatable bonds is 4. The Kier molecular flexibility index (Phi) is 4.47. The lowest BCUT2D eigenvalue weighted by Crippen LogP contribution is -2.40. The zero-order valence-electron chi connectivity index (χ0n) is 15.1. The van der Waals surface area contributed by atoms with Gasteiger partial charge in [0.2, 0.25) is 0 Å². The molecular formula is C23H20N2O2. The Morgan fingerprint density at radius 1 is 0.704 bits per heavy atom. The zero-order chi connectivity index (χ0) is 18.8. The van der Waals surface area contributed by atoms with Crippen LogP contribution in [0, 0.1) is 6.92 Å². The Morgan fingerprint density at radius 2 is 1.37 bits per heavy atom. The number of para-hydroxylation sites is 1. The van der Waals surface area contributed by atoms with Crippen LogP contribution in [0.3, 0.4) is 0 Å². The van der Waals surface area contributed by atoms with Crippen LogP contribution in [0.4, 0.5) is 0 Å². The van der Waals surface area contributed by atoms with Crippen molar-refractivity contribution in [2.45, 2.75) is 20.0 Å². The number of nitrogens with zero attached hydrogens (tertiary/aromatic N) is 2. The molecule has 0 unspecified atom stereocenters. The third-order valence-corrected chi connectivity index (χ3v) is 4.91. The first kappa shape index (κ1) is 17.0. The standard InChI is InChI=1S/C23H20N2O2/c1-17-9-5-6-12-19(17)16-24-21-14-8-7-13-20(21)22(26)25(23(24)27)15-18-10-3-2-4-11-18/h2-14H,15-16H2,1H3. The minimum atomic E-state index is -0.286. The lowest BCUT2D eigenvalue weighted by atomic mass is 10.1. The molecule has 3 aromatic carbocycles. The summed E-state index contributed by atoms with van der Waals surface area (Å²) in [6.45, 7) is 2.72. The molecule has 4 nitrogen and oxygen atoms in total. The Labute approximate surface area is 157 Å². The molecule has 0 spiro atoms. The summed E-state index contributed by atoms with van der Waals surface area (Å²) in [4.78, 5) is 26.2. The molecule has 0 atom stereocenters. The van der Waals surface area contributed by atoms with Crippen LogP contribution in [0.15, 0.2) is 88.5 Å². The molecule has 0 bridgehead atoms. The summed E-state index contributed by atoms with van der Waals surface area (Å²) >= 11 is 0. The highest BCUT2D eigenvalue weighted by Gasteiger charge is 2.14. The first-order valence-electron chi connectivity index (χ1n) is 8.96. The van der Waals surface area contributed by atoms with Gasteiger partial charge in [-0.1, -0.05) is 66.7 Å². The SMILES string of the molecule is Cc1ccccc1Cn1c(=O)n(Cc2ccccc2)c(=O)c2ccccc21. The molecule has 0 aliphatic carbocycles. The first-order chi connectivity index (χ1) is 13.1. The van der Waals surface area contributed by atoms with Crippen LogP contribution in [-0.4, -0.2) is 9.13 Å². The Bertz CT molecular complexity index is 1220. The van der Waals surface area contributed by atoms with E-state index in [9.17, 15) is 9.59 Å². The topological polar surface area (TPSA) is 44.0 Å². The molecule has 27 heavy (non-hydrogen) atoms. The average molecular weight is 356 g/mol. The van der Waals surface area contributed by atoms with Crippen LogP contribution in [0.5, 0.6) is 0 Å². The maximum atomic E-state index is 13.2. The smallest absolute Gasteiger partial charge is 0.289 e. The van der Waals surface area contributed by atoms with Gasteiger partial charge in [-0.2, -0.15) is 0 Å². The second kappa shape index (κ2) is 7.08. The molecule has 0 saturated carbocycles. The van der Waals surface area contributed by atoms with Gasteiger partial charge in [0.05, 0.1) is 24.0 Å². The number of hydrogen-bond donors (Lipinski definition) is 0. The van der Waals surface area contributed by atoms with Gasteiger partial charge in [-0.05, 0) is 35.7 Å². The Balaban J connectivity index is 1.93. The predicted octanol–water partition coefficient (Wildman–Crippen LogP) is 3.57. The number of aryl methyl sites for hydroxylation is 1. The monoisotopic (exact) mass is 356 g/mol. The van der Waals surface area contributed by atoms with Crippen molar-refractivity contribution < 1.29 is 0 Å². The van der Waals surface area contributed by atoms with Crippen molar-refractivity contribution in [1.29, 1.82) is 0 Å². The van der Waals surface area contributed by atoms with Crippen molar-refractivity contribution in [2.75, 3.05) is 0 Å². The fourth-order valence-corrected chi connectivity index (χ4v) is 3.39. The van der Waals surface area contributed by atoms with E-state index in [1.54, 1.807) is 10.6 Å². The minimum Gasteiger partial charge on any atom is -0.289 e. The van der Waals surface area contributed by atoms with Gasteiger partial charge in [-0.3, -0.25) is 13.9 Å². The van der Waals surface area contributed by atoms with Crippen LogP contribution in [0.2, 0.25) is 0 Å². The van der Waals surface area contributed by atoms with Crippen LogP contribution in [-0.2, 0) is 13.1 Å². The van der Waals surface area contributed by atoms with Crippen molar-refractivity contribution in [3.63, 3.8) is 0 Å². The number of hydrogen-bond acceptors (Lipinski definition) is 2. The van der Waals surface area contributed by atoms with Gasteiger partial charge >= 0.3 is 5.69 Å². The van der Waals surface area contributed by atoms with Gasteiger partial charge < -0.3 is 0 Å². The molecule has 134 valence electrons. The molecule has 1 heterocycles. The van der Waals surface area contributed by atoms with E-state index >= 15 is 0 Å². The van der Waals surface area contributed by atoms with Crippen molar-refractivity contribution >= 4 is 10.9 Å². The van der Waals surface area contributed by atoms with Gasteiger partial charge in [-0.15, -0.1) is 0 Å². The molecule has 4 aromatic rings. The maximum absolute atomic E-state index is 13.2. The highest BCUT2D eigenvalue weighted by Crippen LogP contribution is 2.13. The zero-order valence-corrected chi connectivity index (χ0v) is 15.1. The van der Waals surface area contributed by atoms with Gasteiger partial charge in [0.25, 0.3) is 5.56 Å². The van der Waals surface area contributed by atoms with E-state index in [-0.39, 0.29) is 17.8 Å². The van der Waals surface area contributed by atoms with E-state index in [4.69, 9.17) is 0 Å². The summed E-state index contributed by atoms with van der Waals surface area (Å²) in [7, 11) is 0. The van der Waals surface area contributed by atoms with Gasteiger partial charge in [-0.25, -0.2) is 4.79 Å². The van der Waals surface area contributed by atoms with Crippen molar-refractivity contribution in [2.24, 2.45) is 0 Å². The summed E-state index contributed by atoms with van der Waals surface area (Å²) < 4.78 is 3.03. The third-order valence-electron chi connectivity index (χ3n) is 4.91. The predicted molar refractivity (Wildman–Crippen MR) is 108 cm³/mol. The largest absolute Gasteiger partial charge is 0.332 e. The van der Waals surface area contributed by atoms with Crippen LogP contribution < -0.4 is 11.2 Å². The molecule has 0 amide bonds. The summed E-state index contributed by atoms with van der Waals surface area (Å²) in [6.07, 6.45) is 0. The second-order valence-electron chi connectivity index (χ2n) is 6.69. The van der Waals surface area contributed by atoms with Gasteiger partial charge in [0, 0.05) is 0 Å². The normalized spacial score (nSPS) is 11.0. The van der Waals surface area contributed by atoms with Crippen molar-refractivity contribution in [3.8, 4) is 0 Å². The molecule has 4 heteroatoms. The van der Waals surface area contributed by atoms with Crippen molar-refractivity contribution in [3.05, 3.63) is 116 Å². The molecule has 0 radical (unpaired) electrons. The van der Waals surface area contributed by atoms with E-state index in [0.29, 0.717) is 17.4 Å². The average Bonchev–Trinajstić information content (AvgIpc) is 2.70. The fourth-order valence-electron chi connectivity index (χ4n) is 3.39. The molecule has 0 aliphatic rings. The van der Waals surface area contributed by atoms with Crippen molar-refractivity contribution in [1.82, 2.24) is 9.13 Å². The van der Waals surface area contributed by atoms with Crippen LogP contribution >= 0.6 is 0 Å². The Hall–Kier alpha value is -3.40.